The van der Waals surface area contributed by atoms with Crippen molar-refractivity contribution in [2.75, 3.05) is 13.2 Å². The fraction of sp³-hybridized carbons (Fsp3) is 0.455. The lowest BCUT2D eigenvalue weighted by Crippen LogP contribution is -2.12. The van der Waals surface area contributed by atoms with Gasteiger partial charge in [0, 0.05) is 23.0 Å². The number of benzene rings is 2. The molecule has 0 N–H and O–H groups in total. The van der Waals surface area contributed by atoms with Crippen LogP contribution in [0, 0.1) is 0 Å². The molecular formula is C22H26O2S2. The Hall–Kier alpha value is -0.940. The van der Waals surface area contributed by atoms with Gasteiger partial charge in [-0.3, -0.25) is 0 Å². The molecule has 4 rings (SSSR count). The van der Waals surface area contributed by atoms with Gasteiger partial charge in [0.05, 0.1) is 12.2 Å². The van der Waals surface area contributed by atoms with Crippen molar-refractivity contribution in [3.63, 3.8) is 0 Å². The molecule has 0 spiro atoms. The SMILES string of the molecule is c1ccc(C2CCCCO2)c(SSc2ccccc2C2CCCCO2)c1. The number of hydrogen-bond acceptors (Lipinski definition) is 4. The second-order valence-corrected chi connectivity index (χ2v) is 9.17. The Morgan fingerprint density at radius 2 is 1.08 bits per heavy atom. The normalized spacial score (nSPS) is 23.7. The van der Waals surface area contributed by atoms with Gasteiger partial charge in [0.15, 0.2) is 0 Å². The van der Waals surface area contributed by atoms with Gasteiger partial charge >= 0.3 is 0 Å². The van der Waals surface area contributed by atoms with Crippen molar-refractivity contribution in [2.45, 2.75) is 60.5 Å². The Kier molecular flexibility index (Phi) is 6.60. The van der Waals surface area contributed by atoms with E-state index in [1.54, 1.807) is 0 Å². The highest BCUT2D eigenvalue weighted by Gasteiger charge is 2.21. The third kappa shape index (κ3) is 4.48. The van der Waals surface area contributed by atoms with E-state index in [2.05, 4.69) is 48.5 Å². The first-order valence-electron chi connectivity index (χ1n) is 9.67. The van der Waals surface area contributed by atoms with Gasteiger partial charge < -0.3 is 9.47 Å². The summed E-state index contributed by atoms with van der Waals surface area (Å²) in [5, 5.41) is 0. The quantitative estimate of drug-likeness (QED) is 0.516. The lowest BCUT2D eigenvalue weighted by atomic mass is 10.0. The molecule has 2 unspecified atom stereocenters. The van der Waals surface area contributed by atoms with Crippen molar-refractivity contribution in [1.29, 1.82) is 0 Å². The maximum atomic E-state index is 6.03. The summed E-state index contributed by atoms with van der Waals surface area (Å²) in [5.41, 5.74) is 2.69. The van der Waals surface area contributed by atoms with E-state index in [1.807, 2.05) is 21.6 Å². The minimum absolute atomic E-state index is 0.255. The number of rotatable bonds is 5. The summed E-state index contributed by atoms with van der Waals surface area (Å²) in [4.78, 5) is 2.65. The summed E-state index contributed by atoms with van der Waals surface area (Å²) in [5.74, 6) is 0. The summed E-state index contributed by atoms with van der Waals surface area (Å²) in [6.07, 6.45) is 7.68. The van der Waals surface area contributed by atoms with Crippen LogP contribution < -0.4 is 0 Å². The first-order valence-corrected chi connectivity index (χ1v) is 11.8. The second-order valence-electron chi connectivity index (χ2n) is 6.95. The minimum atomic E-state index is 0.255. The molecular weight excluding hydrogens is 360 g/mol. The Morgan fingerprint density at radius 3 is 1.50 bits per heavy atom. The zero-order chi connectivity index (χ0) is 17.6. The third-order valence-corrected chi connectivity index (χ3v) is 7.63. The zero-order valence-electron chi connectivity index (χ0n) is 15.1. The fourth-order valence-corrected chi connectivity index (χ4v) is 6.20. The summed E-state index contributed by atoms with van der Waals surface area (Å²) in [7, 11) is 3.71. The molecule has 0 aliphatic carbocycles. The Morgan fingerprint density at radius 1 is 0.615 bits per heavy atom. The maximum Gasteiger partial charge on any atom is 0.0836 e. The van der Waals surface area contributed by atoms with Gasteiger partial charge in [-0.25, -0.2) is 0 Å². The van der Waals surface area contributed by atoms with Gasteiger partial charge in [0.25, 0.3) is 0 Å². The molecule has 2 atom stereocenters. The maximum absolute atomic E-state index is 6.03. The van der Waals surface area contributed by atoms with Gasteiger partial charge in [-0.15, -0.1) is 0 Å². The molecule has 2 aliphatic heterocycles. The lowest BCUT2D eigenvalue weighted by molar-refractivity contribution is 0.0132. The molecule has 0 amide bonds. The van der Waals surface area contributed by atoms with Crippen LogP contribution in [-0.2, 0) is 9.47 Å². The van der Waals surface area contributed by atoms with Crippen LogP contribution >= 0.6 is 21.6 Å². The van der Waals surface area contributed by atoms with E-state index in [0.717, 1.165) is 26.1 Å². The summed E-state index contributed by atoms with van der Waals surface area (Å²) in [6, 6.07) is 17.4. The van der Waals surface area contributed by atoms with Gasteiger partial charge in [-0.05, 0) is 61.8 Å². The molecule has 26 heavy (non-hydrogen) atoms. The highest BCUT2D eigenvalue weighted by molar-refractivity contribution is 8.76. The van der Waals surface area contributed by atoms with Crippen LogP contribution in [0.5, 0.6) is 0 Å². The van der Waals surface area contributed by atoms with Crippen molar-refractivity contribution >= 4 is 21.6 Å². The monoisotopic (exact) mass is 386 g/mol. The minimum Gasteiger partial charge on any atom is -0.373 e. The van der Waals surface area contributed by atoms with Gasteiger partial charge in [-0.2, -0.15) is 0 Å². The first-order chi connectivity index (χ1) is 12.9. The molecule has 2 heterocycles. The van der Waals surface area contributed by atoms with Gasteiger partial charge in [0.2, 0.25) is 0 Å². The largest absolute Gasteiger partial charge is 0.373 e. The molecule has 0 aromatic heterocycles. The van der Waals surface area contributed by atoms with E-state index in [9.17, 15) is 0 Å². The molecule has 2 nitrogen and oxygen atoms in total. The van der Waals surface area contributed by atoms with Crippen molar-refractivity contribution in [1.82, 2.24) is 0 Å². The highest BCUT2D eigenvalue weighted by atomic mass is 33.1. The predicted octanol–water partition coefficient (Wildman–Crippen LogP) is 6.97. The van der Waals surface area contributed by atoms with Crippen molar-refractivity contribution in [3.05, 3.63) is 59.7 Å². The van der Waals surface area contributed by atoms with E-state index in [0.29, 0.717) is 0 Å². The van der Waals surface area contributed by atoms with Crippen LogP contribution in [-0.4, -0.2) is 13.2 Å². The molecule has 2 aliphatic rings. The van der Waals surface area contributed by atoms with E-state index >= 15 is 0 Å². The average Bonchev–Trinajstić information content (AvgIpc) is 2.74. The van der Waals surface area contributed by atoms with Crippen molar-refractivity contribution in [3.8, 4) is 0 Å². The van der Waals surface area contributed by atoms with Gasteiger partial charge in [-0.1, -0.05) is 58.0 Å². The lowest BCUT2D eigenvalue weighted by Gasteiger charge is -2.25. The summed E-state index contributed by atoms with van der Waals surface area (Å²) < 4.78 is 12.1. The van der Waals surface area contributed by atoms with Crippen LogP contribution in [0.3, 0.4) is 0 Å². The first kappa shape index (κ1) is 18.4. The van der Waals surface area contributed by atoms with Crippen LogP contribution in [0.25, 0.3) is 0 Å². The zero-order valence-corrected chi connectivity index (χ0v) is 16.7. The Labute approximate surface area is 164 Å². The highest BCUT2D eigenvalue weighted by Crippen LogP contribution is 2.45. The topological polar surface area (TPSA) is 18.5 Å². The van der Waals surface area contributed by atoms with E-state index in [1.165, 1.54) is 46.6 Å². The second kappa shape index (κ2) is 9.32. The van der Waals surface area contributed by atoms with Crippen LogP contribution in [0.2, 0.25) is 0 Å². The number of ether oxygens (including phenoxy) is 2. The number of hydrogen-bond donors (Lipinski definition) is 0. The summed E-state index contributed by atoms with van der Waals surface area (Å²) in [6.45, 7) is 1.78. The molecule has 2 fully saturated rings. The molecule has 2 saturated heterocycles. The molecule has 2 aromatic carbocycles. The molecule has 0 saturated carbocycles. The van der Waals surface area contributed by atoms with Gasteiger partial charge in [0.1, 0.15) is 0 Å². The van der Waals surface area contributed by atoms with Crippen molar-refractivity contribution < 1.29 is 9.47 Å². The molecule has 0 radical (unpaired) electrons. The van der Waals surface area contributed by atoms with Crippen LogP contribution in [0.4, 0.5) is 0 Å². The van der Waals surface area contributed by atoms with Crippen molar-refractivity contribution in [2.24, 2.45) is 0 Å². The molecule has 2 aromatic rings. The molecule has 0 bridgehead atoms. The molecule has 138 valence electrons. The van der Waals surface area contributed by atoms with E-state index in [-0.39, 0.29) is 12.2 Å². The van der Waals surface area contributed by atoms with E-state index < -0.39 is 0 Å². The Balaban J connectivity index is 1.49. The third-order valence-electron chi connectivity index (χ3n) is 5.11. The smallest absolute Gasteiger partial charge is 0.0836 e. The Bertz CT molecular complexity index is 645. The molecule has 4 heteroatoms. The standard InChI is InChI=1S/C22H26O2S2/c1-3-13-21(17(9-1)19-11-5-7-15-23-19)25-26-22-14-4-2-10-18(22)20-12-6-8-16-24-20/h1-4,9-10,13-14,19-20H,5-8,11-12,15-16H2. The van der Waals surface area contributed by atoms with Crippen LogP contribution in [0.15, 0.2) is 58.3 Å². The fourth-order valence-electron chi connectivity index (χ4n) is 3.71. The average molecular weight is 387 g/mol. The van der Waals surface area contributed by atoms with E-state index in [4.69, 9.17) is 9.47 Å². The predicted molar refractivity (Wildman–Crippen MR) is 110 cm³/mol. The summed E-state index contributed by atoms with van der Waals surface area (Å²) >= 11 is 0. The van der Waals surface area contributed by atoms with Crippen LogP contribution in [0.1, 0.15) is 61.9 Å².